The van der Waals surface area contributed by atoms with Gasteiger partial charge in [0.25, 0.3) is 0 Å². The van der Waals surface area contributed by atoms with Gasteiger partial charge in [-0.1, -0.05) is 66.7 Å². The van der Waals surface area contributed by atoms with Crippen molar-refractivity contribution < 1.29 is 9.47 Å². The molecule has 4 aromatic carbocycles. The first-order valence-corrected chi connectivity index (χ1v) is 12.8. The fourth-order valence-electron chi connectivity index (χ4n) is 5.99. The van der Waals surface area contributed by atoms with Gasteiger partial charge in [0.15, 0.2) is 0 Å². The zero-order valence-electron chi connectivity index (χ0n) is 20.8. The summed E-state index contributed by atoms with van der Waals surface area (Å²) < 4.78 is 13.2. The number of nitrogens with zero attached hydrogens (tertiary/aromatic N) is 3. The Morgan fingerprint density at radius 3 is 1.62 bits per heavy atom. The number of para-hydroxylation sites is 2. The van der Waals surface area contributed by atoms with E-state index in [4.69, 9.17) is 9.47 Å². The van der Waals surface area contributed by atoms with Crippen molar-refractivity contribution in [2.75, 3.05) is 0 Å². The maximum Gasteiger partial charge on any atom is 0.132 e. The molecule has 5 heteroatoms. The molecule has 5 nitrogen and oxygen atoms in total. The second kappa shape index (κ2) is 8.36. The second-order valence-corrected chi connectivity index (χ2v) is 9.68. The number of hydrogen-bond donors (Lipinski definition) is 0. The topological polar surface area (TPSA) is 57.1 Å². The lowest BCUT2D eigenvalue weighted by atomic mass is 9.62. The van der Waals surface area contributed by atoms with Crippen LogP contribution in [0.3, 0.4) is 0 Å². The van der Waals surface area contributed by atoms with E-state index in [-0.39, 0.29) is 0 Å². The molecule has 184 valence electrons. The van der Waals surface area contributed by atoms with Gasteiger partial charge in [-0.05, 0) is 42.5 Å². The van der Waals surface area contributed by atoms with E-state index in [1.807, 2.05) is 54.7 Å². The molecule has 0 aliphatic carbocycles. The van der Waals surface area contributed by atoms with Crippen LogP contribution in [0.4, 0.5) is 0 Å². The van der Waals surface area contributed by atoms with Crippen molar-refractivity contribution in [1.29, 1.82) is 0 Å². The molecule has 0 unspecified atom stereocenters. The molecule has 0 N–H and O–H groups in total. The Morgan fingerprint density at radius 1 is 0.462 bits per heavy atom. The third-order valence-corrected chi connectivity index (χ3v) is 7.63. The zero-order chi connectivity index (χ0) is 25.8. The highest BCUT2D eigenvalue weighted by Crippen LogP contribution is 2.61. The minimum atomic E-state index is -0.638. The number of hydrogen-bond acceptors (Lipinski definition) is 5. The quantitative estimate of drug-likeness (QED) is 0.241. The van der Waals surface area contributed by atoms with Gasteiger partial charge in [0.05, 0.1) is 16.8 Å². The Labute approximate surface area is 225 Å². The molecule has 0 radical (unpaired) electrons. The molecule has 0 bridgehead atoms. The highest BCUT2D eigenvalue weighted by molar-refractivity contribution is 5.78. The average Bonchev–Trinajstić information content (AvgIpc) is 3.01. The van der Waals surface area contributed by atoms with Crippen LogP contribution in [0.15, 0.2) is 128 Å². The largest absolute Gasteiger partial charge is 0.457 e. The van der Waals surface area contributed by atoms with E-state index in [2.05, 4.69) is 75.6 Å². The van der Waals surface area contributed by atoms with Crippen molar-refractivity contribution >= 4 is 0 Å². The van der Waals surface area contributed by atoms with Crippen LogP contribution in [-0.2, 0) is 5.41 Å². The molecule has 0 fully saturated rings. The van der Waals surface area contributed by atoms with Crippen LogP contribution in [0, 0.1) is 0 Å². The van der Waals surface area contributed by atoms with Crippen LogP contribution in [0.1, 0.15) is 22.3 Å². The monoisotopic (exact) mass is 503 g/mol. The Balaban J connectivity index is 1.46. The summed E-state index contributed by atoms with van der Waals surface area (Å²) in [5.74, 6) is 3.24. The molecule has 2 aliphatic heterocycles. The SMILES string of the molecule is c1ccc(-c2ccc3c(c2)Oc2cc(-c4ccncn4)ccc2C32c3ccccc3Oc3ccccc32)nc1. The van der Waals surface area contributed by atoms with Crippen molar-refractivity contribution in [3.8, 4) is 45.5 Å². The molecule has 0 atom stereocenters. The number of ether oxygens (including phenoxy) is 2. The predicted octanol–water partition coefficient (Wildman–Crippen LogP) is 7.80. The normalized spacial score (nSPS) is 13.7. The van der Waals surface area contributed by atoms with E-state index in [0.717, 1.165) is 67.8 Å². The van der Waals surface area contributed by atoms with Crippen molar-refractivity contribution in [2.45, 2.75) is 5.41 Å². The number of fused-ring (bicyclic) bond motifs is 8. The Morgan fingerprint density at radius 2 is 1.03 bits per heavy atom. The second-order valence-electron chi connectivity index (χ2n) is 9.68. The van der Waals surface area contributed by atoms with Crippen molar-refractivity contribution in [2.24, 2.45) is 0 Å². The van der Waals surface area contributed by atoms with Crippen molar-refractivity contribution in [3.63, 3.8) is 0 Å². The van der Waals surface area contributed by atoms with Gasteiger partial charge in [0.2, 0.25) is 0 Å². The van der Waals surface area contributed by atoms with E-state index < -0.39 is 5.41 Å². The molecular formula is C34H21N3O2. The van der Waals surface area contributed by atoms with Gasteiger partial charge in [0.1, 0.15) is 29.3 Å². The molecule has 1 spiro atoms. The summed E-state index contributed by atoms with van der Waals surface area (Å²) in [6.45, 7) is 0. The molecule has 39 heavy (non-hydrogen) atoms. The van der Waals surface area contributed by atoms with Crippen molar-refractivity contribution in [1.82, 2.24) is 15.0 Å². The van der Waals surface area contributed by atoms with Gasteiger partial charge in [-0.25, -0.2) is 9.97 Å². The first-order valence-electron chi connectivity index (χ1n) is 12.8. The molecule has 0 amide bonds. The standard InChI is InChI=1S/C34H21N3O2/c1-3-10-30-24(7-1)34(25-8-2-4-11-31(25)38-30)26-14-12-22(28-9-5-6-17-36-28)19-32(26)39-33-20-23(13-15-27(33)34)29-16-18-35-21-37-29/h1-21H. The van der Waals surface area contributed by atoms with E-state index in [1.165, 1.54) is 0 Å². The first kappa shape index (κ1) is 21.8. The average molecular weight is 504 g/mol. The molecular weight excluding hydrogens is 482 g/mol. The van der Waals surface area contributed by atoms with Gasteiger partial charge in [-0.15, -0.1) is 0 Å². The third kappa shape index (κ3) is 3.17. The van der Waals surface area contributed by atoms with Gasteiger partial charge in [-0.3, -0.25) is 4.98 Å². The minimum absolute atomic E-state index is 0.638. The fourth-order valence-corrected chi connectivity index (χ4v) is 5.99. The lowest BCUT2D eigenvalue weighted by Gasteiger charge is -2.45. The van der Waals surface area contributed by atoms with E-state index in [1.54, 1.807) is 12.5 Å². The third-order valence-electron chi connectivity index (χ3n) is 7.63. The first-order chi connectivity index (χ1) is 19.3. The molecule has 8 rings (SSSR count). The number of benzene rings is 4. The Hall–Kier alpha value is -5.29. The fraction of sp³-hybridized carbons (Fsp3) is 0.0294. The lowest BCUT2D eigenvalue weighted by molar-refractivity contribution is 0.399. The summed E-state index contributed by atoms with van der Waals surface area (Å²) in [4.78, 5) is 13.1. The zero-order valence-corrected chi connectivity index (χ0v) is 20.8. The Kier molecular flexibility index (Phi) is 4.67. The number of rotatable bonds is 2. The summed E-state index contributed by atoms with van der Waals surface area (Å²) in [7, 11) is 0. The summed E-state index contributed by atoms with van der Waals surface area (Å²) in [6, 6.07) is 37.2. The van der Waals surface area contributed by atoms with Crippen LogP contribution in [-0.4, -0.2) is 15.0 Å². The lowest BCUT2D eigenvalue weighted by Crippen LogP contribution is -2.36. The predicted molar refractivity (Wildman–Crippen MR) is 149 cm³/mol. The summed E-state index contributed by atoms with van der Waals surface area (Å²) in [5.41, 5.74) is 7.33. The molecule has 2 aliphatic rings. The maximum absolute atomic E-state index is 6.75. The van der Waals surface area contributed by atoms with Crippen LogP contribution < -0.4 is 9.47 Å². The van der Waals surface area contributed by atoms with Crippen molar-refractivity contribution in [3.05, 3.63) is 150 Å². The van der Waals surface area contributed by atoms with Crippen LogP contribution in [0.25, 0.3) is 22.5 Å². The summed E-state index contributed by atoms with van der Waals surface area (Å²) >= 11 is 0. The van der Waals surface area contributed by atoms with E-state index in [0.29, 0.717) is 0 Å². The van der Waals surface area contributed by atoms with Gasteiger partial charge < -0.3 is 9.47 Å². The minimum Gasteiger partial charge on any atom is -0.457 e. The number of pyridine rings is 1. The maximum atomic E-state index is 6.75. The van der Waals surface area contributed by atoms with E-state index in [9.17, 15) is 0 Å². The van der Waals surface area contributed by atoms with Gasteiger partial charge in [0, 0.05) is 45.8 Å². The molecule has 6 aromatic rings. The Bertz CT molecular complexity index is 1730. The number of aromatic nitrogens is 3. The van der Waals surface area contributed by atoms with Crippen LogP contribution >= 0.6 is 0 Å². The highest BCUT2D eigenvalue weighted by atomic mass is 16.5. The van der Waals surface area contributed by atoms with Crippen LogP contribution in [0.2, 0.25) is 0 Å². The van der Waals surface area contributed by atoms with Gasteiger partial charge >= 0.3 is 0 Å². The molecule has 0 saturated heterocycles. The smallest absolute Gasteiger partial charge is 0.132 e. The summed E-state index contributed by atoms with van der Waals surface area (Å²) in [6.07, 6.45) is 5.13. The molecule has 0 saturated carbocycles. The summed E-state index contributed by atoms with van der Waals surface area (Å²) in [5, 5.41) is 0. The van der Waals surface area contributed by atoms with Crippen LogP contribution in [0.5, 0.6) is 23.0 Å². The molecule has 4 heterocycles. The molecule has 2 aromatic heterocycles. The van der Waals surface area contributed by atoms with Gasteiger partial charge in [-0.2, -0.15) is 0 Å². The van der Waals surface area contributed by atoms with E-state index >= 15 is 0 Å². The highest BCUT2D eigenvalue weighted by Gasteiger charge is 2.50.